The van der Waals surface area contributed by atoms with Crippen LogP contribution in [0.2, 0.25) is 0 Å². The van der Waals surface area contributed by atoms with E-state index in [4.69, 9.17) is 9.09 Å². The summed E-state index contributed by atoms with van der Waals surface area (Å²) in [5.41, 5.74) is 4.23. The summed E-state index contributed by atoms with van der Waals surface area (Å²) in [6.45, 7) is 0. The van der Waals surface area contributed by atoms with Crippen molar-refractivity contribution in [1.29, 1.82) is 0 Å². The van der Waals surface area contributed by atoms with Crippen molar-refractivity contribution in [2.75, 3.05) is 0 Å². The molecular formula is C22H13O4P2. The third-order valence-electron chi connectivity index (χ3n) is 4.75. The summed E-state index contributed by atoms with van der Waals surface area (Å²) in [5.74, 6) is 0.603. The standard InChI is InChI=1S/C22H13O3P.OP/c23-19-12-18(21(24)15-8-2-1-6-13(15)19)17-10-5-9-16-14-7-3-4-11-20(14)25-26-22(16)17;1-2/h1-12,26H;. The van der Waals surface area contributed by atoms with Crippen LogP contribution in [0.25, 0.3) is 16.7 Å². The molecule has 0 fully saturated rings. The van der Waals surface area contributed by atoms with Gasteiger partial charge in [0.15, 0.2) is 11.6 Å². The number of Topliss-reactive ketones (excluding diaryl/α,β-unsaturated/α-hetero) is 1. The summed E-state index contributed by atoms with van der Waals surface area (Å²) >= 11 is 0. The smallest absolute Gasteiger partial charge is 0.261 e. The predicted octanol–water partition coefficient (Wildman–Crippen LogP) is 5.17. The fourth-order valence-electron chi connectivity index (χ4n) is 3.51. The second kappa shape index (κ2) is 7.59. The van der Waals surface area contributed by atoms with E-state index in [1.54, 1.807) is 24.3 Å². The molecule has 0 aromatic heterocycles. The molecule has 28 heavy (non-hydrogen) atoms. The van der Waals surface area contributed by atoms with E-state index in [1.165, 1.54) is 6.08 Å². The average molecular weight is 403 g/mol. The summed E-state index contributed by atoms with van der Waals surface area (Å²) in [6.07, 6.45) is 1.46. The third kappa shape index (κ3) is 2.92. The van der Waals surface area contributed by atoms with Gasteiger partial charge in [0.25, 0.3) is 9.12 Å². The van der Waals surface area contributed by atoms with Gasteiger partial charge in [-0.1, -0.05) is 60.7 Å². The van der Waals surface area contributed by atoms with E-state index in [0.717, 1.165) is 27.7 Å². The van der Waals surface area contributed by atoms with Gasteiger partial charge < -0.3 is 4.52 Å². The van der Waals surface area contributed by atoms with Gasteiger partial charge in [-0.05, 0) is 23.3 Å². The summed E-state index contributed by atoms with van der Waals surface area (Å²) < 4.78 is 13.9. The summed E-state index contributed by atoms with van der Waals surface area (Å²) in [4.78, 5) is 25.6. The molecule has 1 radical (unpaired) electrons. The van der Waals surface area contributed by atoms with Crippen LogP contribution in [0.1, 0.15) is 26.3 Å². The minimum Gasteiger partial charge on any atom is -0.472 e. The Labute approximate surface area is 165 Å². The Morgan fingerprint density at radius 2 is 1.29 bits per heavy atom. The molecule has 6 heteroatoms. The topological polar surface area (TPSA) is 60.4 Å². The van der Waals surface area contributed by atoms with Gasteiger partial charge in [-0.3, -0.25) is 14.2 Å². The molecule has 3 aromatic rings. The summed E-state index contributed by atoms with van der Waals surface area (Å²) in [6, 6.07) is 20.7. The molecule has 135 valence electrons. The van der Waals surface area contributed by atoms with Crippen LogP contribution in [0.15, 0.2) is 72.8 Å². The first-order valence-electron chi connectivity index (χ1n) is 8.48. The van der Waals surface area contributed by atoms with Crippen molar-refractivity contribution in [1.82, 2.24) is 0 Å². The van der Waals surface area contributed by atoms with Gasteiger partial charge in [-0.2, -0.15) is 0 Å². The van der Waals surface area contributed by atoms with E-state index in [0.29, 0.717) is 16.7 Å². The zero-order valence-corrected chi connectivity index (χ0v) is 16.4. The maximum atomic E-state index is 13.0. The first-order valence-corrected chi connectivity index (χ1v) is 9.75. The second-order valence-corrected chi connectivity index (χ2v) is 7.13. The van der Waals surface area contributed by atoms with Gasteiger partial charge in [-0.25, -0.2) is 0 Å². The Morgan fingerprint density at radius 1 is 0.679 bits per heavy atom. The number of hydrogen-bond acceptors (Lipinski definition) is 4. The highest BCUT2D eigenvalue weighted by atomic mass is 31.1. The number of carbonyl (C=O) groups is 2. The highest BCUT2D eigenvalue weighted by Gasteiger charge is 2.29. The lowest BCUT2D eigenvalue weighted by atomic mass is 9.85. The Bertz CT molecular complexity index is 1150. The van der Waals surface area contributed by atoms with Gasteiger partial charge in [0.2, 0.25) is 0 Å². The molecule has 1 aliphatic heterocycles. The van der Waals surface area contributed by atoms with E-state index < -0.39 is 0 Å². The van der Waals surface area contributed by atoms with Crippen molar-refractivity contribution in [2.24, 2.45) is 0 Å². The number of hydrogen-bond donors (Lipinski definition) is 0. The van der Waals surface area contributed by atoms with Crippen molar-refractivity contribution >= 4 is 40.4 Å². The number of benzene rings is 3. The molecule has 1 aliphatic carbocycles. The summed E-state index contributed by atoms with van der Waals surface area (Å²) in [5, 5.41) is 0.970. The van der Waals surface area contributed by atoms with E-state index in [2.05, 4.69) is 9.12 Å². The number of para-hydroxylation sites is 1. The van der Waals surface area contributed by atoms with Crippen molar-refractivity contribution < 1.29 is 18.7 Å². The quantitative estimate of drug-likeness (QED) is 0.526. The van der Waals surface area contributed by atoms with Gasteiger partial charge >= 0.3 is 0 Å². The van der Waals surface area contributed by atoms with E-state index in [-0.39, 0.29) is 20.4 Å². The van der Waals surface area contributed by atoms with E-state index in [9.17, 15) is 9.59 Å². The fraction of sp³-hybridized carbons (Fsp3) is 0. The fourth-order valence-corrected chi connectivity index (χ4v) is 4.56. The molecule has 3 aromatic carbocycles. The zero-order valence-electron chi connectivity index (χ0n) is 14.5. The molecule has 4 nitrogen and oxygen atoms in total. The molecule has 0 saturated carbocycles. The molecule has 0 N–H and O–H groups in total. The highest BCUT2D eigenvalue weighted by Crippen LogP contribution is 2.41. The first kappa shape index (κ1) is 18.4. The van der Waals surface area contributed by atoms with Crippen LogP contribution in [-0.2, 0) is 4.57 Å². The Morgan fingerprint density at radius 3 is 2.07 bits per heavy atom. The van der Waals surface area contributed by atoms with Crippen molar-refractivity contribution in [3.63, 3.8) is 0 Å². The monoisotopic (exact) mass is 403 g/mol. The number of rotatable bonds is 1. The first-order chi connectivity index (χ1) is 13.7. The van der Waals surface area contributed by atoms with Crippen LogP contribution in [0.5, 0.6) is 5.75 Å². The maximum Gasteiger partial charge on any atom is 0.261 e. The maximum absolute atomic E-state index is 13.0. The van der Waals surface area contributed by atoms with E-state index in [1.807, 2.05) is 42.5 Å². The molecule has 2 aliphatic rings. The SMILES string of the molecule is O=C1C=C(c2cccc3c2POc2ccccc2-3)C(=O)c2ccccc21.O=[P]. The Balaban J connectivity index is 0.000000932. The van der Waals surface area contributed by atoms with Gasteiger partial charge in [0, 0.05) is 27.6 Å². The number of carbonyl (C=O) groups excluding carboxylic acids is 2. The molecular weight excluding hydrogens is 390 g/mol. The number of allylic oxidation sites excluding steroid dienone is 2. The lowest BCUT2D eigenvalue weighted by Crippen LogP contribution is -2.21. The van der Waals surface area contributed by atoms with Crippen LogP contribution >= 0.6 is 17.9 Å². The molecule has 1 atom stereocenters. The minimum atomic E-state index is -0.131. The zero-order chi connectivity index (χ0) is 19.7. The Hall–Kier alpha value is -2.93. The molecule has 0 saturated heterocycles. The van der Waals surface area contributed by atoms with Crippen molar-refractivity contribution in [2.45, 2.75) is 0 Å². The van der Waals surface area contributed by atoms with Gasteiger partial charge in [0.05, 0.1) is 0 Å². The van der Waals surface area contributed by atoms with Crippen LogP contribution in [0, 0.1) is 0 Å². The lowest BCUT2D eigenvalue weighted by molar-refractivity contribution is 0.100. The van der Waals surface area contributed by atoms with Gasteiger partial charge in [0.1, 0.15) is 14.6 Å². The van der Waals surface area contributed by atoms with E-state index >= 15 is 0 Å². The Kier molecular flexibility index (Phi) is 5.00. The number of fused-ring (bicyclic) bond motifs is 4. The molecule has 1 heterocycles. The average Bonchev–Trinajstić information content (AvgIpc) is 2.77. The van der Waals surface area contributed by atoms with Crippen molar-refractivity contribution in [3.05, 3.63) is 89.5 Å². The molecule has 0 spiro atoms. The largest absolute Gasteiger partial charge is 0.472 e. The highest BCUT2D eigenvalue weighted by molar-refractivity contribution is 7.43. The van der Waals surface area contributed by atoms with Crippen LogP contribution in [0.4, 0.5) is 0 Å². The van der Waals surface area contributed by atoms with Crippen molar-refractivity contribution in [3.8, 4) is 16.9 Å². The minimum absolute atomic E-state index is 0.0933. The van der Waals surface area contributed by atoms with Crippen LogP contribution in [-0.4, -0.2) is 11.6 Å². The normalized spacial score (nSPS) is 14.6. The molecule has 5 rings (SSSR count). The lowest BCUT2D eigenvalue weighted by Gasteiger charge is -2.24. The van der Waals surface area contributed by atoms with Crippen LogP contribution < -0.4 is 9.83 Å². The molecule has 0 bridgehead atoms. The van der Waals surface area contributed by atoms with Gasteiger partial charge in [-0.15, -0.1) is 0 Å². The predicted molar refractivity (Wildman–Crippen MR) is 111 cm³/mol. The second-order valence-electron chi connectivity index (χ2n) is 6.23. The molecule has 1 unspecified atom stereocenters. The van der Waals surface area contributed by atoms with Crippen LogP contribution in [0.3, 0.4) is 0 Å². The number of ketones is 2. The molecule has 0 amide bonds. The third-order valence-corrected chi connectivity index (χ3v) is 5.82. The summed E-state index contributed by atoms with van der Waals surface area (Å²) in [7, 11) is 2.37.